The fourth-order valence-corrected chi connectivity index (χ4v) is 3.31. The Hall–Kier alpha value is -0.350. The van der Waals surface area contributed by atoms with E-state index in [4.69, 9.17) is 5.73 Å². The monoisotopic (exact) mass is 271 g/mol. The second kappa shape index (κ2) is 4.66. The molecular formula is C11H18BrN3. The topological polar surface area (TPSA) is 43.8 Å². The maximum atomic E-state index is 5.57. The lowest BCUT2D eigenvalue weighted by Gasteiger charge is -2.11. The number of hydrogen-bond donors (Lipinski definition) is 1. The Bertz CT molecular complexity index is 340. The molecule has 1 heterocycles. The van der Waals surface area contributed by atoms with Gasteiger partial charge in [-0.2, -0.15) is 0 Å². The third-order valence-electron chi connectivity index (χ3n) is 3.30. The van der Waals surface area contributed by atoms with Crippen molar-refractivity contribution in [2.45, 2.75) is 38.0 Å². The number of nitrogens with two attached hydrogens (primary N) is 1. The van der Waals surface area contributed by atoms with Gasteiger partial charge >= 0.3 is 0 Å². The molecule has 1 saturated carbocycles. The van der Waals surface area contributed by atoms with Crippen LogP contribution in [0.15, 0.2) is 4.60 Å². The lowest BCUT2D eigenvalue weighted by atomic mass is 10.1. The maximum Gasteiger partial charge on any atom is 0.127 e. The van der Waals surface area contributed by atoms with Crippen LogP contribution in [0.3, 0.4) is 0 Å². The molecule has 1 aliphatic carbocycles. The van der Waals surface area contributed by atoms with Crippen LogP contribution >= 0.6 is 15.9 Å². The van der Waals surface area contributed by atoms with E-state index in [9.17, 15) is 0 Å². The van der Waals surface area contributed by atoms with E-state index in [2.05, 4.69) is 32.5 Å². The van der Waals surface area contributed by atoms with Crippen molar-refractivity contribution in [3.63, 3.8) is 0 Å². The smallest absolute Gasteiger partial charge is 0.127 e. The molecule has 0 bridgehead atoms. The zero-order valence-corrected chi connectivity index (χ0v) is 10.8. The molecule has 0 aliphatic heterocycles. The summed E-state index contributed by atoms with van der Waals surface area (Å²) >= 11 is 3.58. The number of halogens is 1. The standard InChI is InChI=1S/C11H18BrN3/c1-15-9(6-7-13)14-11(12)10(15)8-4-2-3-5-8/h8H,2-7,13H2,1H3. The molecule has 0 saturated heterocycles. The second-order valence-electron chi connectivity index (χ2n) is 4.28. The fraction of sp³-hybridized carbons (Fsp3) is 0.727. The third kappa shape index (κ3) is 2.11. The van der Waals surface area contributed by atoms with Gasteiger partial charge in [-0.1, -0.05) is 12.8 Å². The minimum Gasteiger partial charge on any atom is -0.334 e. The molecule has 2 rings (SSSR count). The predicted octanol–water partition coefficient (Wildman–Crippen LogP) is 2.34. The summed E-state index contributed by atoms with van der Waals surface area (Å²) in [5.41, 5.74) is 6.94. The quantitative estimate of drug-likeness (QED) is 0.917. The number of nitrogens with zero attached hydrogens (tertiary/aromatic N) is 2. The van der Waals surface area contributed by atoms with Gasteiger partial charge in [0.05, 0.1) is 5.69 Å². The van der Waals surface area contributed by atoms with E-state index < -0.39 is 0 Å². The molecule has 0 spiro atoms. The summed E-state index contributed by atoms with van der Waals surface area (Å²) in [7, 11) is 2.11. The number of hydrogen-bond acceptors (Lipinski definition) is 2. The van der Waals surface area contributed by atoms with Crippen LogP contribution in [-0.4, -0.2) is 16.1 Å². The highest BCUT2D eigenvalue weighted by Gasteiger charge is 2.24. The fourth-order valence-electron chi connectivity index (χ4n) is 2.52. The molecular weight excluding hydrogens is 254 g/mol. The largest absolute Gasteiger partial charge is 0.334 e. The van der Waals surface area contributed by atoms with Crippen LogP contribution in [0.25, 0.3) is 0 Å². The van der Waals surface area contributed by atoms with Crippen molar-refractivity contribution in [3.05, 3.63) is 16.1 Å². The van der Waals surface area contributed by atoms with E-state index in [1.165, 1.54) is 31.4 Å². The van der Waals surface area contributed by atoms with Crippen LogP contribution in [0, 0.1) is 0 Å². The second-order valence-corrected chi connectivity index (χ2v) is 5.03. The van der Waals surface area contributed by atoms with Crippen molar-refractivity contribution in [1.29, 1.82) is 0 Å². The summed E-state index contributed by atoms with van der Waals surface area (Å²) in [6.45, 7) is 0.668. The SMILES string of the molecule is Cn1c(CCN)nc(Br)c1C1CCCC1. The van der Waals surface area contributed by atoms with Crippen molar-refractivity contribution in [2.75, 3.05) is 6.54 Å². The summed E-state index contributed by atoms with van der Waals surface area (Å²) in [5.74, 6) is 1.80. The van der Waals surface area contributed by atoms with Crippen LogP contribution < -0.4 is 5.73 Å². The summed E-state index contributed by atoms with van der Waals surface area (Å²) in [5, 5.41) is 0. The van der Waals surface area contributed by atoms with Crippen molar-refractivity contribution in [2.24, 2.45) is 12.8 Å². The van der Waals surface area contributed by atoms with Gasteiger partial charge in [0.2, 0.25) is 0 Å². The maximum absolute atomic E-state index is 5.57. The molecule has 1 aromatic heterocycles. The molecule has 0 unspecified atom stereocenters. The van der Waals surface area contributed by atoms with Gasteiger partial charge in [0.25, 0.3) is 0 Å². The van der Waals surface area contributed by atoms with Gasteiger partial charge in [0.1, 0.15) is 10.4 Å². The first-order valence-corrected chi connectivity index (χ1v) is 6.44. The van der Waals surface area contributed by atoms with E-state index in [1.54, 1.807) is 0 Å². The zero-order valence-electron chi connectivity index (χ0n) is 9.17. The minimum absolute atomic E-state index is 0.668. The summed E-state index contributed by atoms with van der Waals surface area (Å²) in [6.07, 6.45) is 6.19. The summed E-state index contributed by atoms with van der Waals surface area (Å²) in [4.78, 5) is 4.54. The average molecular weight is 272 g/mol. The van der Waals surface area contributed by atoms with Crippen molar-refractivity contribution in [3.8, 4) is 0 Å². The van der Waals surface area contributed by atoms with Gasteiger partial charge in [-0.25, -0.2) is 4.98 Å². The minimum atomic E-state index is 0.668. The summed E-state index contributed by atoms with van der Waals surface area (Å²) in [6, 6.07) is 0. The van der Waals surface area contributed by atoms with Gasteiger partial charge in [-0.05, 0) is 35.3 Å². The van der Waals surface area contributed by atoms with Gasteiger partial charge in [-0.3, -0.25) is 0 Å². The average Bonchev–Trinajstić information content (AvgIpc) is 2.77. The number of aromatic nitrogens is 2. The van der Waals surface area contributed by atoms with E-state index >= 15 is 0 Å². The van der Waals surface area contributed by atoms with Crippen LogP contribution in [0.5, 0.6) is 0 Å². The van der Waals surface area contributed by atoms with Crippen molar-refractivity contribution < 1.29 is 0 Å². The molecule has 3 nitrogen and oxygen atoms in total. The van der Waals surface area contributed by atoms with E-state index in [0.29, 0.717) is 12.5 Å². The normalized spacial score (nSPS) is 17.5. The van der Waals surface area contributed by atoms with Gasteiger partial charge in [-0.15, -0.1) is 0 Å². The van der Waals surface area contributed by atoms with Gasteiger partial charge in [0, 0.05) is 19.4 Å². The Labute approximate surface area is 99.2 Å². The van der Waals surface area contributed by atoms with Crippen LogP contribution in [0.2, 0.25) is 0 Å². The number of rotatable bonds is 3. The Morgan fingerprint density at radius 3 is 2.73 bits per heavy atom. The molecule has 0 atom stereocenters. The Morgan fingerprint density at radius 1 is 1.47 bits per heavy atom. The van der Waals surface area contributed by atoms with E-state index in [1.807, 2.05) is 0 Å². The van der Waals surface area contributed by atoms with Crippen LogP contribution in [0.4, 0.5) is 0 Å². The highest BCUT2D eigenvalue weighted by atomic mass is 79.9. The molecule has 1 fully saturated rings. The lowest BCUT2D eigenvalue weighted by molar-refractivity contribution is 0.637. The molecule has 1 aromatic rings. The van der Waals surface area contributed by atoms with E-state index in [0.717, 1.165) is 16.8 Å². The molecule has 0 radical (unpaired) electrons. The van der Waals surface area contributed by atoms with Gasteiger partial charge in [0.15, 0.2) is 0 Å². The molecule has 4 heteroatoms. The molecule has 84 valence electrons. The Balaban J connectivity index is 2.29. The predicted molar refractivity (Wildman–Crippen MR) is 64.9 cm³/mol. The number of imidazole rings is 1. The highest BCUT2D eigenvalue weighted by Crippen LogP contribution is 2.37. The first-order chi connectivity index (χ1) is 7.24. The molecule has 15 heavy (non-hydrogen) atoms. The van der Waals surface area contributed by atoms with Crippen LogP contribution in [-0.2, 0) is 13.5 Å². The van der Waals surface area contributed by atoms with E-state index in [-0.39, 0.29) is 0 Å². The molecule has 1 aliphatic rings. The lowest BCUT2D eigenvalue weighted by Crippen LogP contribution is -2.10. The van der Waals surface area contributed by atoms with Crippen LogP contribution in [0.1, 0.15) is 43.1 Å². The highest BCUT2D eigenvalue weighted by molar-refractivity contribution is 9.10. The molecule has 0 amide bonds. The molecule has 2 N–H and O–H groups in total. The summed E-state index contributed by atoms with van der Waals surface area (Å²) < 4.78 is 3.26. The van der Waals surface area contributed by atoms with Gasteiger partial charge < -0.3 is 10.3 Å². The third-order valence-corrected chi connectivity index (χ3v) is 3.88. The van der Waals surface area contributed by atoms with Crippen molar-refractivity contribution in [1.82, 2.24) is 9.55 Å². The Kier molecular flexibility index (Phi) is 3.46. The molecule has 0 aromatic carbocycles. The Morgan fingerprint density at radius 2 is 2.13 bits per heavy atom. The first-order valence-electron chi connectivity index (χ1n) is 5.65. The first kappa shape index (κ1) is 11.1. The zero-order chi connectivity index (χ0) is 10.8. The van der Waals surface area contributed by atoms with Crippen molar-refractivity contribution >= 4 is 15.9 Å².